The van der Waals surface area contributed by atoms with Crippen LogP contribution in [0.4, 0.5) is 4.39 Å². The maximum absolute atomic E-state index is 13.3. The highest BCUT2D eigenvalue weighted by atomic mass is 32.2. The first kappa shape index (κ1) is 24.2. The Morgan fingerprint density at radius 2 is 1.44 bits per heavy atom. The van der Waals surface area contributed by atoms with Gasteiger partial charge in [0.15, 0.2) is 0 Å². The minimum atomic E-state index is -3.75. The molecule has 3 aromatic rings. The van der Waals surface area contributed by atoms with Crippen LogP contribution in [0.25, 0.3) is 12.2 Å². The fourth-order valence-corrected chi connectivity index (χ4v) is 5.13. The quantitative estimate of drug-likeness (QED) is 0.371. The summed E-state index contributed by atoms with van der Waals surface area (Å²) in [6.07, 6.45) is 3.67. The summed E-state index contributed by atoms with van der Waals surface area (Å²) in [7, 11) is -3.75. The molecule has 7 heteroatoms. The monoisotopic (exact) mass is 471 g/mol. The molecule has 0 saturated heterocycles. The SMILES string of the molecule is CC(C)(C)[S+]([O-])NCc1ccccc1S(=O)(=O)c1ccc(C=Cc2ccc(F)cc2)cc1. The summed E-state index contributed by atoms with van der Waals surface area (Å²) in [4.78, 5) is 0.369. The summed E-state index contributed by atoms with van der Waals surface area (Å²) < 4.78 is 54.3. The number of benzene rings is 3. The van der Waals surface area contributed by atoms with Gasteiger partial charge in [-0.15, -0.1) is 4.72 Å². The molecule has 0 fully saturated rings. The number of hydrogen-bond acceptors (Lipinski definition) is 4. The Labute approximate surface area is 192 Å². The summed E-state index contributed by atoms with van der Waals surface area (Å²) in [5, 5.41) is 0. The van der Waals surface area contributed by atoms with Gasteiger partial charge in [0.1, 0.15) is 10.6 Å². The number of hydrogen-bond donors (Lipinski definition) is 1. The van der Waals surface area contributed by atoms with Crippen molar-refractivity contribution in [1.82, 2.24) is 4.72 Å². The van der Waals surface area contributed by atoms with Crippen LogP contribution in [-0.4, -0.2) is 17.7 Å². The van der Waals surface area contributed by atoms with Crippen LogP contribution in [0.15, 0.2) is 82.6 Å². The smallest absolute Gasteiger partial charge is 0.206 e. The van der Waals surface area contributed by atoms with Crippen molar-refractivity contribution < 1.29 is 17.4 Å². The maximum atomic E-state index is 13.3. The molecule has 0 aromatic heterocycles. The lowest BCUT2D eigenvalue weighted by Gasteiger charge is -2.24. The van der Waals surface area contributed by atoms with E-state index >= 15 is 0 Å². The summed E-state index contributed by atoms with van der Waals surface area (Å²) in [6, 6.07) is 19.4. The summed E-state index contributed by atoms with van der Waals surface area (Å²) in [5.41, 5.74) is 2.23. The van der Waals surface area contributed by atoms with Crippen LogP contribution >= 0.6 is 0 Å². The molecule has 0 saturated carbocycles. The van der Waals surface area contributed by atoms with E-state index in [4.69, 9.17) is 0 Å². The highest BCUT2D eigenvalue weighted by Crippen LogP contribution is 2.25. The standard InChI is InChI=1S/C25H26FNO3S2/c1-25(2,3)31(28)27-18-21-6-4-5-7-24(21)32(29,30)23-16-12-20(13-17-23)9-8-19-10-14-22(26)15-11-19/h4-17,27H,18H2,1-3H3. The van der Waals surface area contributed by atoms with Gasteiger partial charge >= 0.3 is 0 Å². The molecule has 1 unspecified atom stereocenters. The van der Waals surface area contributed by atoms with E-state index in [1.165, 1.54) is 12.1 Å². The van der Waals surface area contributed by atoms with E-state index in [0.29, 0.717) is 5.56 Å². The first-order chi connectivity index (χ1) is 15.1. The van der Waals surface area contributed by atoms with E-state index in [1.54, 1.807) is 60.7 Å². The highest BCUT2D eigenvalue weighted by Gasteiger charge is 2.27. The van der Waals surface area contributed by atoms with Gasteiger partial charge in [0.25, 0.3) is 0 Å². The lowest BCUT2D eigenvalue weighted by atomic mass is 10.1. The van der Waals surface area contributed by atoms with Gasteiger partial charge in [-0.25, -0.2) is 12.8 Å². The van der Waals surface area contributed by atoms with Gasteiger partial charge < -0.3 is 4.55 Å². The number of nitrogens with one attached hydrogen (secondary N) is 1. The largest absolute Gasteiger partial charge is 0.598 e. The zero-order valence-electron chi connectivity index (χ0n) is 18.2. The van der Waals surface area contributed by atoms with Crippen LogP contribution in [0.2, 0.25) is 0 Å². The van der Waals surface area contributed by atoms with Gasteiger partial charge in [-0.05, 0) is 67.8 Å². The van der Waals surface area contributed by atoms with Crippen LogP contribution in [0.5, 0.6) is 0 Å². The van der Waals surface area contributed by atoms with Crippen molar-refractivity contribution in [2.45, 2.75) is 41.9 Å². The first-order valence-electron chi connectivity index (χ1n) is 10.1. The van der Waals surface area contributed by atoms with Crippen molar-refractivity contribution in [2.24, 2.45) is 0 Å². The molecule has 0 radical (unpaired) electrons. The van der Waals surface area contributed by atoms with E-state index in [9.17, 15) is 17.4 Å². The van der Waals surface area contributed by atoms with Crippen LogP contribution in [-0.2, 0) is 27.7 Å². The lowest BCUT2D eigenvalue weighted by molar-refractivity contribution is 0.543. The Balaban J connectivity index is 1.80. The molecule has 0 aliphatic rings. The predicted octanol–water partition coefficient (Wildman–Crippen LogP) is 5.38. The van der Waals surface area contributed by atoms with Crippen molar-refractivity contribution in [1.29, 1.82) is 0 Å². The number of sulfone groups is 1. The molecule has 0 heterocycles. The van der Waals surface area contributed by atoms with Crippen molar-refractivity contribution in [3.8, 4) is 0 Å². The van der Waals surface area contributed by atoms with E-state index in [1.807, 2.05) is 32.9 Å². The molecule has 32 heavy (non-hydrogen) atoms. The van der Waals surface area contributed by atoms with Crippen molar-refractivity contribution >= 4 is 33.4 Å². The topological polar surface area (TPSA) is 69.2 Å². The molecule has 4 nitrogen and oxygen atoms in total. The average molecular weight is 472 g/mol. The predicted molar refractivity (Wildman–Crippen MR) is 128 cm³/mol. The van der Waals surface area contributed by atoms with Crippen LogP contribution < -0.4 is 4.72 Å². The van der Waals surface area contributed by atoms with E-state index in [-0.39, 0.29) is 22.2 Å². The molecular weight excluding hydrogens is 445 g/mol. The van der Waals surface area contributed by atoms with Crippen molar-refractivity contribution in [3.05, 3.63) is 95.3 Å². The highest BCUT2D eigenvalue weighted by molar-refractivity contribution is 7.91. The molecule has 0 aliphatic heterocycles. The minimum Gasteiger partial charge on any atom is -0.598 e. The molecule has 0 bridgehead atoms. The average Bonchev–Trinajstić information content (AvgIpc) is 2.77. The van der Waals surface area contributed by atoms with Crippen molar-refractivity contribution in [3.63, 3.8) is 0 Å². The van der Waals surface area contributed by atoms with Gasteiger partial charge in [0.05, 0.1) is 16.3 Å². The Kier molecular flexibility index (Phi) is 7.56. The van der Waals surface area contributed by atoms with Gasteiger partial charge in [0, 0.05) is 11.4 Å². The van der Waals surface area contributed by atoms with Gasteiger partial charge in [-0.1, -0.05) is 54.6 Å². The molecule has 0 aliphatic carbocycles. The molecule has 3 rings (SSSR count). The van der Waals surface area contributed by atoms with Gasteiger partial charge in [0.2, 0.25) is 9.84 Å². The molecule has 168 valence electrons. The van der Waals surface area contributed by atoms with E-state index in [2.05, 4.69) is 4.72 Å². The Bertz CT molecular complexity index is 1180. The number of halogens is 1. The zero-order chi connectivity index (χ0) is 23.4. The fourth-order valence-electron chi connectivity index (χ4n) is 2.92. The molecule has 0 amide bonds. The molecular formula is C25H26FNO3S2. The maximum Gasteiger partial charge on any atom is 0.206 e. The summed E-state index contributed by atoms with van der Waals surface area (Å²) >= 11 is -1.31. The van der Waals surface area contributed by atoms with Crippen LogP contribution in [0.3, 0.4) is 0 Å². The number of rotatable bonds is 7. The molecule has 1 N–H and O–H groups in total. The summed E-state index contributed by atoms with van der Waals surface area (Å²) in [5.74, 6) is -0.295. The molecule has 0 spiro atoms. The molecule has 3 aromatic carbocycles. The second kappa shape index (κ2) is 10.0. The Morgan fingerprint density at radius 1 is 0.906 bits per heavy atom. The van der Waals surface area contributed by atoms with Gasteiger partial charge in [-0.2, -0.15) is 0 Å². The fraction of sp³-hybridized carbons (Fsp3) is 0.200. The van der Waals surface area contributed by atoms with E-state index in [0.717, 1.165) is 11.1 Å². The Morgan fingerprint density at radius 3 is 2.00 bits per heavy atom. The van der Waals surface area contributed by atoms with Gasteiger partial charge in [-0.3, -0.25) is 0 Å². The third-order valence-electron chi connectivity index (χ3n) is 4.74. The Hall–Kier alpha value is -2.45. The summed E-state index contributed by atoms with van der Waals surface area (Å²) in [6.45, 7) is 5.73. The first-order valence-corrected chi connectivity index (χ1v) is 12.7. The van der Waals surface area contributed by atoms with Crippen LogP contribution in [0, 0.1) is 5.82 Å². The normalized spacial score (nSPS) is 13.4. The third kappa shape index (κ3) is 6.07. The van der Waals surface area contributed by atoms with Crippen molar-refractivity contribution in [2.75, 3.05) is 0 Å². The third-order valence-corrected chi connectivity index (χ3v) is 8.13. The zero-order valence-corrected chi connectivity index (χ0v) is 19.8. The second-order valence-electron chi connectivity index (χ2n) is 8.27. The van der Waals surface area contributed by atoms with E-state index < -0.39 is 25.9 Å². The molecule has 1 atom stereocenters. The lowest BCUT2D eigenvalue weighted by Crippen LogP contribution is -2.39. The second-order valence-corrected chi connectivity index (χ2v) is 12.2. The minimum absolute atomic E-state index is 0.178. The van der Waals surface area contributed by atoms with Crippen LogP contribution in [0.1, 0.15) is 37.5 Å².